The number of rotatable bonds is 2. The van der Waals surface area contributed by atoms with Gasteiger partial charge in [0.05, 0.1) is 0 Å². The van der Waals surface area contributed by atoms with Gasteiger partial charge >= 0.3 is 0 Å². The highest BCUT2D eigenvalue weighted by Crippen LogP contribution is 2.37. The van der Waals surface area contributed by atoms with Gasteiger partial charge in [0.1, 0.15) is 18.0 Å². The normalized spacial score (nSPS) is 17.8. The first-order valence-electron chi connectivity index (χ1n) is 7.09. The van der Waals surface area contributed by atoms with Gasteiger partial charge in [0.15, 0.2) is 0 Å². The van der Waals surface area contributed by atoms with Crippen LogP contribution in [-0.2, 0) is 6.42 Å². The van der Waals surface area contributed by atoms with Gasteiger partial charge in [-0.25, -0.2) is 9.97 Å². The molecule has 1 aliphatic rings. The monoisotopic (exact) mass is 268 g/mol. The molecule has 0 saturated carbocycles. The Labute approximate surface area is 119 Å². The first-order valence-corrected chi connectivity index (χ1v) is 7.09. The topological polar surface area (TPSA) is 41.1 Å². The lowest BCUT2D eigenvalue weighted by Crippen LogP contribution is -2.34. The first kappa shape index (κ1) is 12.9. The van der Waals surface area contributed by atoms with Crippen LogP contribution < -0.4 is 10.2 Å². The third-order valence-electron chi connectivity index (χ3n) is 4.05. The van der Waals surface area contributed by atoms with Crippen LogP contribution in [0.1, 0.15) is 24.5 Å². The maximum atomic E-state index is 4.53. The zero-order valence-electron chi connectivity index (χ0n) is 12.2. The van der Waals surface area contributed by atoms with E-state index in [1.165, 1.54) is 11.3 Å². The molecule has 2 heterocycles. The SMILES string of the molecule is CNc1ncnc(N2c3ccccc3CCC2C)c1C. The Bertz CT molecular complexity index is 624. The summed E-state index contributed by atoms with van der Waals surface area (Å²) in [6.07, 6.45) is 3.92. The molecule has 4 nitrogen and oxygen atoms in total. The van der Waals surface area contributed by atoms with Gasteiger partial charge in [-0.15, -0.1) is 0 Å². The molecule has 0 fully saturated rings. The van der Waals surface area contributed by atoms with Crippen molar-refractivity contribution in [2.75, 3.05) is 17.3 Å². The van der Waals surface area contributed by atoms with Gasteiger partial charge in [-0.2, -0.15) is 0 Å². The first-order chi connectivity index (χ1) is 9.72. The lowest BCUT2D eigenvalue weighted by molar-refractivity contribution is 0.612. The van der Waals surface area contributed by atoms with Crippen molar-refractivity contribution in [2.45, 2.75) is 32.7 Å². The largest absolute Gasteiger partial charge is 0.373 e. The quantitative estimate of drug-likeness (QED) is 0.907. The van der Waals surface area contributed by atoms with E-state index in [1.54, 1.807) is 6.33 Å². The van der Waals surface area contributed by atoms with Crippen LogP contribution in [0.15, 0.2) is 30.6 Å². The van der Waals surface area contributed by atoms with Gasteiger partial charge in [0, 0.05) is 24.3 Å². The predicted molar refractivity (Wildman–Crippen MR) is 82.7 cm³/mol. The van der Waals surface area contributed by atoms with Crippen LogP contribution in [0.25, 0.3) is 0 Å². The van der Waals surface area contributed by atoms with Crippen molar-refractivity contribution in [1.82, 2.24) is 9.97 Å². The molecule has 1 aromatic heterocycles. The van der Waals surface area contributed by atoms with Crippen molar-refractivity contribution in [1.29, 1.82) is 0 Å². The van der Waals surface area contributed by atoms with E-state index in [-0.39, 0.29) is 0 Å². The van der Waals surface area contributed by atoms with Crippen LogP contribution in [-0.4, -0.2) is 23.1 Å². The maximum Gasteiger partial charge on any atom is 0.141 e. The average molecular weight is 268 g/mol. The molecule has 0 saturated heterocycles. The van der Waals surface area contributed by atoms with Gasteiger partial charge in [-0.05, 0) is 38.3 Å². The second kappa shape index (κ2) is 5.12. The molecule has 104 valence electrons. The molecule has 1 unspecified atom stereocenters. The smallest absolute Gasteiger partial charge is 0.141 e. The average Bonchev–Trinajstić information content (AvgIpc) is 2.48. The summed E-state index contributed by atoms with van der Waals surface area (Å²) in [7, 11) is 1.90. The molecule has 4 heteroatoms. The summed E-state index contributed by atoms with van der Waals surface area (Å²) in [6, 6.07) is 9.05. The summed E-state index contributed by atoms with van der Waals surface area (Å²) >= 11 is 0. The fourth-order valence-electron chi connectivity index (χ4n) is 2.95. The van der Waals surface area contributed by atoms with Crippen molar-refractivity contribution < 1.29 is 0 Å². The highest BCUT2D eigenvalue weighted by molar-refractivity contribution is 5.71. The Morgan fingerprint density at radius 3 is 2.85 bits per heavy atom. The van der Waals surface area contributed by atoms with Gasteiger partial charge in [-0.1, -0.05) is 18.2 Å². The van der Waals surface area contributed by atoms with E-state index in [2.05, 4.69) is 58.3 Å². The Kier molecular flexibility index (Phi) is 3.30. The molecule has 0 radical (unpaired) electrons. The molecule has 3 rings (SSSR count). The van der Waals surface area contributed by atoms with Crippen LogP contribution in [0.3, 0.4) is 0 Å². The fourth-order valence-corrected chi connectivity index (χ4v) is 2.95. The second-order valence-electron chi connectivity index (χ2n) is 5.31. The number of benzene rings is 1. The molecule has 0 aliphatic carbocycles. The van der Waals surface area contributed by atoms with E-state index >= 15 is 0 Å². The highest BCUT2D eigenvalue weighted by atomic mass is 15.2. The molecular formula is C16H20N4. The minimum absolute atomic E-state index is 0.447. The summed E-state index contributed by atoms with van der Waals surface area (Å²) in [5.74, 6) is 1.90. The number of hydrogen-bond acceptors (Lipinski definition) is 4. The number of aryl methyl sites for hydroxylation is 1. The lowest BCUT2D eigenvalue weighted by atomic mass is 9.96. The Balaban J connectivity index is 2.14. The van der Waals surface area contributed by atoms with E-state index in [4.69, 9.17) is 0 Å². The van der Waals surface area contributed by atoms with Gasteiger partial charge < -0.3 is 10.2 Å². The number of nitrogens with zero attached hydrogens (tertiary/aromatic N) is 3. The van der Waals surface area contributed by atoms with Crippen LogP contribution in [0.4, 0.5) is 17.3 Å². The second-order valence-corrected chi connectivity index (χ2v) is 5.31. The van der Waals surface area contributed by atoms with Crippen LogP contribution >= 0.6 is 0 Å². The Morgan fingerprint density at radius 2 is 2.05 bits per heavy atom. The fraction of sp³-hybridized carbons (Fsp3) is 0.375. The zero-order chi connectivity index (χ0) is 14.1. The van der Waals surface area contributed by atoms with Crippen LogP contribution in [0.2, 0.25) is 0 Å². The molecule has 0 bridgehead atoms. The molecule has 1 aliphatic heterocycles. The highest BCUT2D eigenvalue weighted by Gasteiger charge is 2.26. The maximum absolute atomic E-state index is 4.53. The van der Waals surface area contributed by atoms with Crippen molar-refractivity contribution >= 4 is 17.3 Å². The summed E-state index contributed by atoms with van der Waals surface area (Å²) < 4.78 is 0. The van der Waals surface area contributed by atoms with E-state index in [1.807, 2.05) is 7.05 Å². The third-order valence-corrected chi connectivity index (χ3v) is 4.05. The van der Waals surface area contributed by atoms with E-state index < -0.39 is 0 Å². The number of aromatic nitrogens is 2. The lowest BCUT2D eigenvalue weighted by Gasteiger charge is -2.37. The van der Waals surface area contributed by atoms with E-state index in [0.717, 1.165) is 30.0 Å². The van der Waals surface area contributed by atoms with E-state index in [9.17, 15) is 0 Å². The third kappa shape index (κ3) is 2.01. The molecule has 1 N–H and O–H groups in total. The molecule has 1 aromatic carbocycles. The van der Waals surface area contributed by atoms with Gasteiger partial charge in [-0.3, -0.25) is 0 Å². The summed E-state index contributed by atoms with van der Waals surface area (Å²) in [5.41, 5.74) is 3.77. The van der Waals surface area contributed by atoms with Gasteiger partial charge in [0.2, 0.25) is 0 Å². The number of fused-ring (bicyclic) bond motifs is 1. The van der Waals surface area contributed by atoms with Gasteiger partial charge in [0.25, 0.3) is 0 Å². The Morgan fingerprint density at radius 1 is 1.25 bits per heavy atom. The van der Waals surface area contributed by atoms with Crippen molar-refractivity contribution in [2.24, 2.45) is 0 Å². The minimum atomic E-state index is 0.447. The number of para-hydroxylation sites is 1. The molecule has 0 spiro atoms. The van der Waals surface area contributed by atoms with Crippen molar-refractivity contribution in [3.8, 4) is 0 Å². The minimum Gasteiger partial charge on any atom is -0.373 e. The van der Waals surface area contributed by atoms with Crippen molar-refractivity contribution in [3.05, 3.63) is 41.7 Å². The zero-order valence-corrected chi connectivity index (χ0v) is 12.2. The summed E-state index contributed by atoms with van der Waals surface area (Å²) in [4.78, 5) is 11.2. The molecule has 20 heavy (non-hydrogen) atoms. The van der Waals surface area contributed by atoms with Crippen molar-refractivity contribution in [3.63, 3.8) is 0 Å². The standard InChI is InChI=1S/C16H20N4/c1-11-8-9-13-6-4-5-7-14(13)20(11)16-12(2)15(17-3)18-10-19-16/h4-7,10-11H,8-9H2,1-3H3,(H,17,18,19). The molecule has 2 aromatic rings. The Hall–Kier alpha value is -2.10. The molecule has 1 atom stereocenters. The summed E-state index contributed by atoms with van der Waals surface area (Å²) in [5, 5.41) is 3.14. The predicted octanol–water partition coefficient (Wildman–Crippen LogP) is 3.30. The number of hydrogen-bond donors (Lipinski definition) is 1. The number of nitrogens with one attached hydrogen (secondary N) is 1. The van der Waals surface area contributed by atoms with Crippen LogP contribution in [0, 0.1) is 6.92 Å². The summed E-state index contributed by atoms with van der Waals surface area (Å²) in [6.45, 7) is 4.33. The number of anilines is 3. The van der Waals surface area contributed by atoms with E-state index in [0.29, 0.717) is 6.04 Å². The van der Waals surface area contributed by atoms with Crippen LogP contribution in [0.5, 0.6) is 0 Å². The molecular weight excluding hydrogens is 248 g/mol. The molecule has 0 amide bonds.